The Balaban J connectivity index is 1.66. The normalized spacial score (nSPS) is 14.3. The number of nitrogens with one attached hydrogen (secondary N) is 1. The Morgan fingerprint density at radius 3 is 2.47 bits per heavy atom. The summed E-state index contributed by atoms with van der Waals surface area (Å²) in [6.45, 7) is 3.57. The van der Waals surface area contributed by atoms with Gasteiger partial charge in [-0.3, -0.25) is 14.4 Å². The second-order valence-corrected chi connectivity index (χ2v) is 8.01. The van der Waals surface area contributed by atoms with Gasteiger partial charge in [-0.25, -0.2) is 4.79 Å². The Labute approximate surface area is 190 Å². The highest BCUT2D eigenvalue weighted by atomic mass is 35.5. The van der Waals surface area contributed by atoms with E-state index in [4.69, 9.17) is 22.1 Å². The van der Waals surface area contributed by atoms with Gasteiger partial charge in [0, 0.05) is 29.7 Å². The highest BCUT2D eigenvalue weighted by Crippen LogP contribution is 2.29. The fraction of sp³-hybridized carbons (Fsp3) is 0.304. The fourth-order valence-corrected chi connectivity index (χ4v) is 3.83. The SMILES string of the molecule is CC(=O)N1CCc2cc(C(=O)[C@@H](C)OC(=O)C[C@@H](NC(N)=O)c3ccc(Cl)cc3)ccc21. The van der Waals surface area contributed by atoms with Gasteiger partial charge in [0.1, 0.15) is 0 Å². The summed E-state index contributed by atoms with van der Waals surface area (Å²) < 4.78 is 5.33. The number of esters is 1. The average molecular weight is 458 g/mol. The Hall–Kier alpha value is -3.39. The van der Waals surface area contributed by atoms with Crippen LogP contribution in [0.1, 0.15) is 47.8 Å². The first-order chi connectivity index (χ1) is 15.2. The molecule has 168 valence electrons. The first kappa shape index (κ1) is 23.3. The van der Waals surface area contributed by atoms with Gasteiger partial charge in [-0.1, -0.05) is 23.7 Å². The maximum atomic E-state index is 12.8. The number of amides is 3. The van der Waals surface area contributed by atoms with E-state index in [-0.39, 0.29) is 18.1 Å². The lowest BCUT2D eigenvalue weighted by Gasteiger charge is -2.19. The molecule has 1 aliphatic rings. The van der Waals surface area contributed by atoms with Gasteiger partial charge in [0.15, 0.2) is 6.10 Å². The number of Topliss-reactive ketones (excluding diaryl/α,β-unsaturated/α-hetero) is 1. The third kappa shape index (κ3) is 5.45. The molecule has 0 unspecified atom stereocenters. The molecule has 2 aromatic rings. The first-order valence-electron chi connectivity index (χ1n) is 10.1. The number of halogens is 1. The van der Waals surface area contributed by atoms with E-state index >= 15 is 0 Å². The van der Waals surface area contributed by atoms with E-state index in [1.165, 1.54) is 13.8 Å². The van der Waals surface area contributed by atoms with Crippen molar-refractivity contribution in [3.63, 3.8) is 0 Å². The van der Waals surface area contributed by atoms with E-state index in [1.54, 1.807) is 47.4 Å². The molecule has 1 heterocycles. The van der Waals surface area contributed by atoms with Gasteiger partial charge in [0.05, 0.1) is 12.5 Å². The van der Waals surface area contributed by atoms with Crippen molar-refractivity contribution in [3.05, 3.63) is 64.2 Å². The van der Waals surface area contributed by atoms with Crippen LogP contribution in [0, 0.1) is 0 Å². The lowest BCUT2D eigenvalue weighted by atomic mass is 10.0. The molecule has 3 N–H and O–H groups in total. The average Bonchev–Trinajstić information content (AvgIpc) is 3.16. The quantitative estimate of drug-likeness (QED) is 0.489. The summed E-state index contributed by atoms with van der Waals surface area (Å²) in [6, 6.07) is 10.2. The molecule has 8 nitrogen and oxygen atoms in total. The molecule has 0 fully saturated rings. The minimum atomic E-state index is -1.02. The van der Waals surface area contributed by atoms with E-state index < -0.39 is 24.1 Å². The molecule has 0 saturated carbocycles. The maximum absolute atomic E-state index is 12.8. The van der Waals surface area contributed by atoms with Gasteiger partial charge >= 0.3 is 12.0 Å². The molecular formula is C23H24ClN3O5. The smallest absolute Gasteiger partial charge is 0.312 e. The minimum Gasteiger partial charge on any atom is -0.454 e. The van der Waals surface area contributed by atoms with Crippen molar-refractivity contribution in [1.82, 2.24) is 5.32 Å². The van der Waals surface area contributed by atoms with Crippen LogP contribution in [0.3, 0.4) is 0 Å². The molecule has 0 saturated heterocycles. The number of anilines is 1. The van der Waals surface area contributed by atoms with E-state index in [0.717, 1.165) is 11.3 Å². The molecule has 0 aromatic heterocycles. The Morgan fingerprint density at radius 1 is 1.16 bits per heavy atom. The Bertz CT molecular complexity index is 1050. The maximum Gasteiger partial charge on any atom is 0.312 e. The number of hydrogen-bond acceptors (Lipinski definition) is 5. The molecule has 32 heavy (non-hydrogen) atoms. The summed E-state index contributed by atoms with van der Waals surface area (Å²) in [6.07, 6.45) is -0.573. The zero-order valence-electron chi connectivity index (χ0n) is 17.8. The van der Waals surface area contributed by atoms with Gasteiger partial charge in [0.2, 0.25) is 11.7 Å². The standard InChI is InChI=1S/C23H24ClN3O5/c1-13(22(30)17-5-8-20-16(11-17)9-10-27(20)14(2)28)32-21(29)12-19(26-23(25)31)15-3-6-18(24)7-4-15/h3-8,11,13,19H,9-10,12H2,1-2H3,(H3,25,26,31)/t13-,19-/m1/s1. The predicted octanol–water partition coefficient (Wildman–Crippen LogP) is 3.16. The van der Waals surface area contributed by atoms with E-state index in [9.17, 15) is 19.2 Å². The van der Waals surface area contributed by atoms with Crippen LogP contribution in [-0.2, 0) is 20.7 Å². The topological polar surface area (TPSA) is 119 Å². The molecule has 0 spiro atoms. The number of hydrogen-bond donors (Lipinski definition) is 2. The molecule has 9 heteroatoms. The van der Waals surface area contributed by atoms with Crippen LogP contribution < -0.4 is 16.0 Å². The summed E-state index contributed by atoms with van der Waals surface area (Å²) in [5, 5.41) is 3.01. The number of nitrogens with zero attached hydrogens (tertiary/aromatic N) is 1. The molecule has 2 atom stereocenters. The molecule has 0 aliphatic carbocycles. The number of urea groups is 1. The lowest BCUT2D eigenvalue weighted by Crippen LogP contribution is -2.35. The number of rotatable bonds is 7. The van der Waals surface area contributed by atoms with Gasteiger partial charge in [-0.05, 0) is 54.8 Å². The first-order valence-corrected chi connectivity index (χ1v) is 10.5. The molecule has 0 bridgehead atoms. The summed E-state index contributed by atoms with van der Waals surface area (Å²) in [5.74, 6) is -1.07. The van der Waals surface area contributed by atoms with E-state index in [2.05, 4.69) is 5.32 Å². The Kier molecular flexibility index (Phi) is 7.15. The van der Waals surface area contributed by atoms with Gasteiger partial charge < -0.3 is 20.7 Å². The van der Waals surface area contributed by atoms with Crippen molar-refractivity contribution < 1.29 is 23.9 Å². The molecule has 2 aromatic carbocycles. The summed E-state index contributed by atoms with van der Waals surface area (Å²) in [5.41, 5.74) is 7.95. The summed E-state index contributed by atoms with van der Waals surface area (Å²) in [7, 11) is 0. The number of benzene rings is 2. The molecule has 3 rings (SSSR count). The monoisotopic (exact) mass is 457 g/mol. The van der Waals surface area contributed by atoms with Crippen molar-refractivity contribution in [2.24, 2.45) is 5.73 Å². The fourth-order valence-electron chi connectivity index (χ4n) is 3.70. The highest BCUT2D eigenvalue weighted by Gasteiger charge is 2.26. The van der Waals surface area contributed by atoms with Gasteiger partial charge in [-0.2, -0.15) is 0 Å². The van der Waals surface area contributed by atoms with Crippen LogP contribution in [0.25, 0.3) is 0 Å². The molecule has 1 aliphatic heterocycles. The predicted molar refractivity (Wildman–Crippen MR) is 120 cm³/mol. The van der Waals surface area contributed by atoms with Crippen LogP contribution in [0.2, 0.25) is 5.02 Å². The number of ether oxygens (including phenoxy) is 1. The third-order valence-corrected chi connectivity index (χ3v) is 5.53. The number of carbonyl (C=O) groups is 4. The summed E-state index contributed by atoms with van der Waals surface area (Å²) in [4.78, 5) is 50.0. The van der Waals surface area contributed by atoms with Crippen molar-refractivity contribution >= 4 is 41.0 Å². The number of primary amides is 1. The highest BCUT2D eigenvalue weighted by molar-refractivity contribution is 6.30. The van der Waals surface area contributed by atoms with Crippen LogP contribution in [0.15, 0.2) is 42.5 Å². The van der Waals surface area contributed by atoms with Crippen LogP contribution in [-0.4, -0.2) is 36.3 Å². The van der Waals surface area contributed by atoms with Crippen molar-refractivity contribution in [1.29, 1.82) is 0 Å². The number of carbonyl (C=O) groups excluding carboxylic acids is 4. The van der Waals surface area contributed by atoms with Crippen LogP contribution in [0.4, 0.5) is 10.5 Å². The van der Waals surface area contributed by atoms with Gasteiger partial charge in [0.25, 0.3) is 0 Å². The second-order valence-electron chi connectivity index (χ2n) is 7.58. The number of fused-ring (bicyclic) bond motifs is 1. The summed E-state index contributed by atoms with van der Waals surface area (Å²) >= 11 is 5.89. The van der Waals surface area contributed by atoms with Gasteiger partial charge in [-0.15, -0.1) is 0 Å². The Morgan fingerprint density at radius 2 is 1.84 bits per heavy atom. The molecule has 0 radical (unpaired) electrons. The third-order valence-electron chi connectivity index (χ3n) is 5.28. The minimum absolute atomic E-state index is 0.0510. The van der Waals surface area contributed by atoms with Crippen molar-refractivity contribution in [2.75, 3.05) is 11.4 Å². The molecular weight excluding hydrogens is 434 g/mol. The number of nitrogens with two attached hydrogens (primary N) is 1. The van der Waals surface area contributed by atoms with Crippen LogP contribution in [0.5, 0.6) is 0 Å². The zero-order valence-corrected chi connectivity index (χ0v) is 18.5. The van der Waals surface area contributed by atoms with Crippen molar-refractivity contribution in [2.45, 2.75) is 38.8 Å². The van der Waals surface area contributed by atoms with Crippen molar-refractivity contribution in [3.8, 4) is 0 Å². The largest absolute Gasteiger partial charge is 0.454 e. The van der Waals surface area contributed by atoms with Crippen LogP contribution >= 0.6 is 11.6 Å². The number of ketones is 1. The van der Waals surface area contributed by atoms with E-state index in [0.29, 0.717) is 29.1 Å². The lowest BCUT2D eigenvalue weighted by molar-refractivity contribution is -0.146. The van der Waals surface area contributed by atoms with E-state index in [1.807, 2.05) is 0 Å². The second kappa shape index (κ2) is 9.82. The zero-order chi connectivity index (χ0) is 23.4. The molecule has 3 amide bonds.